The Bertz CT molecular complexity index is 910. The molecular weight excluding hydrogens is 331 g/mol. The van der Waals surface area contributed by atoms with Gasteiger partial charge in [-0.05, 0) is 35.7 Å². The van der Waals surface area contributed by atoms with E-state index in [2.05, 4.69) is 34.4 Å². The molecule has 0 unspecified atom stereocenters. The zero-order valence-corrected chi connectivity index (χ0v) is 14.5. The predicted octanol–water partition coefficient (Wildman–Crippen LogP) is 4.74. The first-order valence-corrected chi connectivity index (χ1v) is 8.28. The molecule has 2 N–H and O–H groups in total. The Morgan fingerprint density at radius 3 is 2.46 bits per heavy atom. The van der Waals surface area contributed by atoms with Crippen molar-refractivity contribution in [2.75, 3.05) is 10.6 Å². The van der Waals surface area contributed by atoms with E-state index in [-0.39, 0.29) is 17.3 Å². The molecule has 5 nitrogen and oxygen atoms in total. The average molecular weight is 350 g/mol. The minimum Gasteiger partial charge on any atom is -0.338 e. The van der Waals surface area contributed by atoms with Crippen LogP contribution in [0.1, 0.15) is 35.8 Å². The summed E-state index contributed by atoms with van der Waals surface area (Å²) in [7, 11) is 0. The molecule has 3 aromatic rings. The van der Waals surface area contributed by atoms with Crippen LogP contribution >= 0.6 is 0 Å². The number of aromatic nitrogens is 2. The average Bonchev–Trinajstić information content (AvgIpc) is 2.64. The van der Waals surface area contributed by atoms with Gasteiger partial charge in [0.05, 0.1) is 5.69 Å². The summed E-state index contributed by atoms with van der Waals surface area (Å²) in [6.45, 7) is 4.22. The van der Waals surface area contributed by atoms with Crippen LogP contribution in [-0.4, -0.2) is 15.9 Å². The minimum absolute atomic E-state index is 0.187. The van der Waals surface area contributed by atoms with Crippen molar-refractivity contribution in [2.24, 2.45) is 0 Å². The SMILES string of the molecule is CC(C)c1ccc(NC(=O)c2cc(Nc3ccccc3F)ncn2)cc1. The number of hydrogen-bond donors (Lipinski definition) is 2. The van der Waals surface area contributed by atoms with Crippen molar-refractivity contribution in [1.29, 1.82) is 0 Å². The predicted molar refractivity (Wildman–Crippen MR) is 100 cm³/mol. The van der Waals surface area contributed by atoms with E-state index >= 15 is 0 Å². The lowest BCUT2D eigenvalue weighted by atomic mass is 10.0. The molecule has 0 spiro atoms. The molecule has 0 aliphatic carbocycles. The fourth-order valence-corrected chi connectivity index (χ4v) is 2.40. The van der Waals surface area contributed by atoms with Crippen molar-refractivity contribution in [3.63, 3.8) is 0 Å². The molecule has 0 saturated carbocycles. The molecule has 1 heterocycles. The number of amides is 1. The lowest BCUT2D eigenvalue weighted by molar-refractivity contribution is 0.102. The Balaban J connectivity index is 1.73. The second kappa shape index (κ2) is 7.74. The van der Waals surface area contributed by atoms with Crippen molar-refractivity contribution >= 4 is 23.1 Å². The number of benzene rings is 2. The number of rotatable bonds is 5. The van der Waals surface area contributed by atoms with Crippen LogP contribution in [0.2, 0.25) is 0 Å². The highest BCUT2D eigenvalue weighted by Crippen LogP contribution is 2.19. The van der Waals surface area contributed by atoms with E-state index in [1.807, 2.05) is 24.3 Å². The molecule has 0 atom stereocenters. The maximum atomic E-state index is 13.7. The molecule has 3 rings (SSSR count). The molecular formula is C20H19FN4O. The summed E-state index contributed by atoms with van der Waals surface area (Å²) in [5.74, 6) is 0.00247. The van der Waals surface area contributed by atoms with Crippen LogP contribution in [0.4, 0.5) is 21.6 Å². The van der Waals surface area contributed by atoms with E-state index in [9.17, 15) is 9.18 Å². The number of hydrogen-bond acceptors (Lipinski definition) is 4. The Labute approximate surface area is 151 Å². The third-order valence-corrected chi connectivity index (χ3v) is 3.87. The highest BCUT2D eigenvalue weighted by molar-refractivity contribution is 6.03. The van der Waals surface area contributed by atoms with Crippen LogP contribution in [0.3, 0.4) is 0 Å². The Kier molecular flexibility index (Phi) is 5.22. The first kappa shape index (κ1) is 17.5. The molecule has 6 heteroatoms. The van der Waals surface area contributed by atoms with Gasteiger partial charge in [0, 0.05) is 11.8 Å². The fourth-order valence-electron chi connectivity index (χ4n) is 2.40. The van der Waals surface area contributed by atoms with Gasteiger partial charge in [-0.2, -0.15) is 0 Å². The van der Waals surface area contributed by atoms with Gasteiger partial charge < -0.3 is 10.6 Å². The van der Waals surface area contributed by atoms with Gasteiger partial charge in [0.15, 0.2) is 0 Å². The van der Waals surface area contributed by atoms with Crippen molar-refractivity contribution in [1.82, 2.24) is 9.97 Å². The van der Waals surface area contributed by atoms with Gasteiger partial charge in [0.1, 0.15) is 23.7 Å². The van der Waals surface area contributed by atoms with E-state index in [1.54, 1.807) is 18.2 Å². The molecule has 0 aliphatic heterocycles. The van der Waals surface area contributed by atoms with Crippen LogP contribution < -0.4 is 10.6 Å². The monoisotopic (exact) mass is 350 g/mol. The van der Waals surface area contributed by atoms with Crippen LogP contribution in [-0.2, 0) is 0 Å². The number of carbonyl (C=O) groups is 1. The van der Waals surface area contributed by atoms with Gasteiger partial charge in [-0.25, -0.2) is 14.4 Å². The van der Waals surface area contributed by atoms with Crippen molar-refractivity contribution in [3.05, 3.63) is 78.0 Å². The van der Waals surface area contributed by atoms with E-state index in [0.29, 0.717) is 17.4 Å². The van der Waals surface area contributed by atoms with E-state index in [1.165, 1.54) is 24.0 Å². The fraction of sp³-hybridized carbons (Fsp3) is 0.150. The summed E-state index contributed by atoms with van der Waals surface area (Å²) < 4.78 is 13.7. The molecule has 0 radical (unpaired) electrons. The maximum absolute atomic E-state index is 13.7. The van der Waals surface area contributed by atoms with Crippen LogP contribution in [0, 0.1) is 5.82 Å². The standard InChI is InChI=1S/C20H19FN4O/c1-13(2)14-7-9-15(10-8-14)24-20(26)18-11-19(23-12-22-18)25-17-6-4-3-5-16(17)21/h3-13H,1-2H3,(H,24,26)(H,22,23,25). The summed E-state index contributed by atoms with van der Waals surface area (Å²) in [5, 5.41) is 5.64. The highest BCUT2D eigenvalue weighted by Gasteiger charge is 2.10. The third kappa shape index (κ3) is 4.22. The summed E-state index contributed by atoms with van der Waals surface area (Å²) in [6, 6.07) is 15.4. The third-order valence-electron chi connectivity index (χ3n) is 3.87. The number of anilines is 3. The molecule has 0 fully saturated rings. The number of nitrogens with one attached hydrogen (secondary N) is 2. The summed E-state index contributed by atoms with van der Waals surface area (Å²) >= 11 is 0. The van der Waals surface area contributed by atoms with Gasteiger partial charge in [-0.1, -0.05) is 38.1 Å². The highest BCUT2D eigenvalue weighted by atomic mass is 19.1. The van der Waals surface area contributed by atoms with Gasteiger partial charge in [-0.15, -0.1) is 0 Å². The van der Waals surface area contributed by atoms with Crippen LogP contribution in [0.25, 0.3) is 0 Å². The Morgan fingerprint density at radius 2 is 1.77 bits per heavy atom. The number of carbonyl (C=O) groups excluding carboxylic acids is 1. The van der Waals surface area contributed by atoms with Gasteiger partial charge in [-0.3, -0.25) is 4.79 Å². The molecule has 0 aliphatic rings. The summed E-state index contributed by atoms with van der Waals surface area (Å²) in [4.78, 5) is 20.4. The Hall–Kier alpha value is -3.28. The molecule has 1 aromatic heterocycles. The quantitative estimate of drug-likeness (QED) is 0.698. The topological polar surface area (TPSA) is 66.9 Å². The first-order valence-electron chi connectivity index (χ1n) is 8.28. The normalized spacial score (nSPS) is 10.6. The molecule has 0 saturated heterocycles. The van der Waals surface area contributed by atoms with E-state index in [4.69, 9.17) is 0 Å². The van der Waals surface area contributed by atoms with Crippen LogP contribution in [0.5, 0.6) is 0 Å². The Morgan fingerprint density at radius 1 is 1.04 bits per heavy atom. The zero-order valence-electron chi connectivity index (χ0n) is 14.5. The zero-order chi connectivity index (χ0) is 18.5. The lowest BCUT2D eigenvalue weighted by Gasteiger charge is -2.09. The molecule has 1 amide bonds. The molecule has 132 valence electrons. The molecule has 2 aromatic carbocycles. The van der Waals surface area contributed by atoms with Crippen molar-refractivity contribution in [3.8, 4) is 0 Å². The number of nitrogens with zero attached hydrogens (tertiary/aromatic N) is 2. The maximum Gasteiger partial charge on any atom is 0.274 e. The van der Waals surface area contributed by atoms with Crippen LogP contribution in [0.15, 0.2) is 60.9 Å². The minimum atomic E-state index is -0.401. The van der Waals surface area contributed by atoms with Crippen molar-refractivity contribution < 1.29 is 9.18 Å². The van der Waals surface area contributed by atoms with E-state index < -0.39 is 5.82 Å². The summed E-state index contributed by atoms with van der Waals surface area (Å²) in [6.07, 6.45) is 1.26. The molecule has 0 bridgehead atoms. The van der Waals surface area contributed by atoms with E-state index in [0.717, 1.165) is 0 Å². The number of para-hydroxylation sites is 1. The second-order valence-electron chi connectivity index (χ2n) is 6.12. The smallest absolute Gasteiger partial charge is 0.274 e. The summed E-state index contributed by atoms with van der Waals surface area (Å²) in [5.41, 5.74) is 2.34. The largest absolute Gasteiger partial charge is 0.338 e. The molecule has 26 heavy (non-hydrogen) atoms. The van der Waals surface area contributed by atoms with Gasteiger partial charge in [0.2, 0.25) is 0 Å². The number of halogens is 1. The van der Waals surface area contributed by atoms with Crippen molar-refractivity contribution in [2.45, 2.75) is 19.8 Å². The second-order valence-corrected chi connectivity index (χ2v) is 6.12. The lowest BCUT2D eigenvalue weighted by Crippen LogP contribution is -2.14. The van der Waals surface area contributed by atoms with Gasteiger partial charge in [0.25, 0.3) is 5.91 Å². The first-order chi connectivity index (χ1) is 12.5. The van der Waals surface area contributed by atoms with Gasteiger partial charge >= 0.3 is 0 Å².